The Hall–Kier alpha value is -1.10. The zero-order chi connectivity index (χ0) is 6.85. The quantitative estimate of drug-likeness (QED) is 0.502. The number of nitrogens with zero attached hydrogens (tertiary/aromatic N) is 3. The first-order chi connectivity index (χ1) is 4.24. The van der Waals surface area contributed by atoms with E-state index < -0.39 is 0 Å². The summed E-state index contributed by atoms with van der Waals surface area (Å²) in [5, 5.41) is 16.0. The average molecular weight is 128 g/mol. The van der Waals surface area contributed by atoms with Crippen LogP contribution in [-0.4, -0.2) is 20.1 Å². The summed E-state index contributed by atoms with van der Waals surface area (Å²) in [5.41, 5.74) is 5.73. The van der Waals surface area contributed by atoms with Crippen molar-refractivity contribution in [3.8, 4) is 0 Å². The molecule has 1 rings (SSSR count). The Bertz CT molecular complexity index is 206. The van der Waals surface area contributed by atoms with Crippen LogP contribution in [0.25, 0.3) is 0 Å². The zero-order valence-electron chi connectivity index (χ0n) is 5.07. The molecule has 0 saturated heterocycles. The maximum Gasteiger partial charge on any atom is 0.171 e. The van der Waals surface area contributed by atoms with Crippen molar-refractivity contribution in [1.29, 1.82) is 0 Å². The Morgan fingerprint density at radius 3 is 2.56 bits per heavy atom. The van der Waals surface area contributed by atoms with Crippen molar-refractivity contribution in [3.63, 3.8) is 0 Å². The van der Waals surface area contributed by atoms with Gasteiger partial charge < -0.3 is 10.8 Å². The van der Waals surface area contributed by atoms with Gasteiger partial charge in [0, 0.05) is 7.05 Å². The third kappa shape index (κ3) is 0.996. The SMILES string of the molecule is Cn1nc(N)c(CO)n1. The molecule has 5 heteroatoms. The highest BCUT2D eigenvalue weighted by atomic mass is 16.3. The summed E-state index contributed by atoms with van der Waals surface area (Å²) in [7, 11) is 1.65. The maximum atomic E-state index is 8.54. The van der Waals surface area contributed by atoms with E-state index in [2.05, 4.69) is 10.2 Å². The lowest BCUT2D eigenvalue weighted by Crippen LogP contribution is -1.92. The number of hydrogen-bond donors (Lipinski definition) is 2. The molecule has 1 heterocycles. The van der Waals surface area contributed by atoms with Crippen LogP contribution in [0, 0.1) is 0 Å². The minimum Gasteiger partial charge on any atom is -0.390 e. The van der Waals surface area contributed by atoms with Gasteiger partial charge >= 0.3 is 0 Å². The van der Waals surface area contributed by atoms with Crippen LogP contribution in [0.5, 0.6) is 0 Å². The summed E-state index contributed by atoms with van der Waals surface area (Å²) < 4.78 is 0. The highest BCUT2D eigenvalue weighted by Gasteiger charge is 2.01. The van der Waals surface area contributed by atoms with Crippen LogP contribution in [0.1, 0.15) is 5.69 Å². The van der Waals surface area contributed by atoms with Gasteiger partial charge in [0.25, 0.3) is 0 Å². The van der Waals surface area contributed by atoms with E-state index in [4.69, 9.17) is 10.8 Å². The second-order valence-electron chi connectivity index (χ2n) is 1.68. The van der Waals surface area contributed by atoms with Crippen LogP contribution in [0.4, 0.5) is 5.82 Å². The normalized spacial score (nSPS) is 10.0. The minimum absolute atomic E-state index is 0.153. The van der Waals surface area contributed by atoms with E-state index in [1.807, 2.05) is 0 Å². The molecule has 0 aliphatic heterocycles. The smallest absolute Gasteiger partial charge is 0.171 e. The molecule has 0 fully saturated rings. The highest BCUT2D eigenvalue weighted by Crippen LogP contribution is 2.01. The number of aryl methyl sites for hydroxylation is 1. The van der Waals surface area contributed by atoms with E-state index in [-0.39, 0.29) is 6.61 Å². The molecule has 0 bridgehead atoms. The van der Waals surface area contributed by atoms with Crippen molar-refractivity contribution < 1.29 is 5.11 Å². The minimum atomic E-state index is -0.153. The monoisotopic (exact) mass is 128 g/mol. The van der Waals surface area contributed by atoms with E-state index in [9.17, 15) is 0 Å². The molecule has 0 amide bonds. The highest BCUT2D eigenvalue weighted by molar-refractivity contribution is 5.30. The van der Waals surface area contributed by atoms with Crippen molar-refractivity contribution in [2.24, 2.45) is 7.05 Å². The predicted octanol–water partition coefficient (Wildman–Crippen LogP) is -1.11. The first-order valence-electron chi connectivity index (χ1n) is 2.50. The summed E-state index contributed by atoms with van der Waals surface area (Å²) in [4.78, 5) is 1.32. The summed E-state index contributed by atoms with van der Waals surface area (Å²) in [6.07, 6.45) is 0. The van der Waals surface area contributed by atoms with Crippen LogP contribution in [-0.2, 0) is 13.7 Å². The number of aliphatic hydroxyl groups is 1. The summed E-state index contributed by atoms with van der Waals surface area (Å²) in [6.45, 7) is -0.153. The number of anilines is 1. The lowest BCUT2D eigenvalue weighted by molar-refractivity contribution is 0.276. The van der Waals surface area contributed by atoms with Gasteiger partial charge in [0.2, 0.25) is 0 Å². The lowest BCUT2D eigenvalue weighted by Gasteiger charge is -1.83. The fourth-order valence-corrected chi connectivity index (χ4v) is 0.575. The van der Waals surface area contributed by atoms with Crippen molar-refractivity contribution in [2.45, 2.75) is 6.61 Å². The molecule has 5 nitrogen and oxygen atoms in total. The number of aliphatic hydroxyl groups excluding tert-OH is 1. The van der Waals surface area contributed by atoms with Crippen molar-refractivity contribution in [1.82, 2.24) is 15.0 Å². The Labute approximate surface area is 52.1 Å². The van der Waals surface area contributed by atoms with Crippen LogP contribution in [0.2, 0.25) is 0 Å². The van der Waals surface area contributed by atoms with Gasteiger partial charge in [-0.15, -0.1) is 5.10 Å². The number of hydrogen-bond acceptors (Lipinski definition) is 4. The van der Waals surface area contributed by atoms with Gasteiger partial charge in [-0.25, -0.2) is 0 Å². The largest absolute Gasteiger partial charge is 0.390 e. The first kappa shape index (κ1) is 6.03. The lowest BCUT2D eigenvalue weighted by atomic mass is 10.5. The molecule has 0 aliphatic carbocycles. The zero-order valence-corrected chi connectivity index (χ0v) is 5.07. The van der Waals surface area contributed by atoms with Gasteiger partial charge in [0.05, 0.1) is 6.61 Å². The number of aromatic nitrogens is 3. The van der Waals surface area contributed by atoms with Crippen molar-refractivity contribution in [3.05, 3.63) is 5.69 Å². The molecular weight excluding hydrogens is 120 g/mol. The molecule has 0 aromatic carbocycles. The molecule has 9 heavy (non-hydrogen) atoms. The Morgan fingerprint density at radius 1 is 1.67 bits per heavy atom. The number of rotatable bonds is 1. The van der Waals surface area contributed by atoms with Gasteiger partial charge in [-0.3, -0.25) is 0 Å². The van der Waals surface area contributed by atoms with Crippen LogP contribution >= 0.6 is 0 Å². The molecule has 0 saturated carbocycles. The predicted molar refractivity (Wildman–Crippen MR) is 31.3 cm³/mol. The van der Waals surface area contributed by atoms with Gasteiger partial charge in [-0.2, -0.15) is 9.90 Å². The second-order valence-corrected chi connectivity index (χ2v) is 1.68. The van der Waals surface area contributed by atoms with Crippen molar-refractivity contribution in [2.75, 3.05) is 5.73 Å². The molecule has 1 aromatic rings. The summed E-state index contributed by atoms with van der Waals surface area (Å²) in [5.74, 6) is 0.292. The van der Waals surface area contributed by atoms with Gasteiger partial charge in [-0.1, -0.05) is 0 Å². The maximum absolute atomic E-state index is 8.54. The standard InChI is InChI=1S/C4H8N4O/c1-8-6-3(2-9)4(5)7-8/h9H,2H2,1H3,(H2,5,7). The summed E-state index contributed by atoms with van der Waals surface area (Å²) >= 11 is 0. The van der Waals surface area contributed by atoms with E-state index in [1.54, 1.807) is 7.05 Å². The molecule has 0 atom stereocenters. The molecule has 0 unspecified atom stereocenters. The molecule has 3 N–H and O–H groups in total. The van der Waals surface area contributed by atoms with E-state index in [0.29, 0.717) is 11.5 Å². The van der Waals surface area contributed by atoms with Gasteiger partial charge in [0.15, 0.2) is 5.82 Å². The Morgan fingerprint density at radius 2 is 2.33 bits per heavy atom. The van der Waals surface area contributed by atoms with Crippen LogP contribution in [0.3, 0.4) is 0 Å². The Balaban J connectivity index is 3.01. The van der Waals surface area contributed by atoms with E-state index in [1.165, 1.54) is 4.80 Å². The van der Waals surface area contributed by atoms with E-state index >= 15 is 0 Å². The Kier molecular flexibility index (Phi) is 1.35. The molecule has 1 aromatic heterocycles. The number of nitrogen functional groups attached to an aromatic ring is 1. The molecule has 50 valence electrons. The van der Waals surface area contributed by atoms with Gasteiger partial charge in [0.1, 0.15) is 5.69 Å². The summed E-state index contributed by atoms with van der Waals surface area (Å²) in [6, 6.07) is 0. The molecule has 0 spiro atoms. The van der Waals surface area contributed by atoms with E-state index in [0.717, 1.165) is 0 Å². The average Bonchev–Trinajstić information content (AvgIpc) is 2.10. The molecule has 0 radical (unpaired) electrons. The third-order valence-electron chi connectivity index (χ3n) is 0.963. The van der Waals surface area contributed by atoms with Crippen LogP contribution < -0.4 is 5.73 Å². The topological polar surface area (TPSA) is 77.0 Å². The van der Waals surface area contributed by atoms with Crippen LogP contribution in [0.15, 0.2) is 0 Å². The fraction of sp³-hybridized carbons (Fsp3) is 0.500. The van der Waals surface area contributed by atoms with Gasteiger partial charge in [-0.05, 0) is 0 Å². The fourth-order valence-electron chi connectivity index (χ4n) is 0.575. The number of nitrogens with two attached hydrogens (primary N) is 1. The molecular formula is C4H8N4O. The van der Waals surface area contributed by atoms with Crippen molar-refractivity contribution >= 4 is 5.82 Å². The first-order valence-corrected chi connectivity index (χ1v) is 2.50. The second kappa shape index (κ2) is 2.02. The molecule has 0 aliphatic rings. The third-order valence-corrected chi connectivity index (χ3v) is 0.963.